The third kappa shape index (κ3) is 4.34. The maximum absolute atomic E-state index is 11.8. The van der Waals surface area contributed by atoms with Gasteiger partial charge in [0.05, 0.1) is 6.20 Å². The third-order valence-electron chi connectivity index (χ3n) is 4.10. The summed E-state index contributed by atoms with van der Waals surface area (Å²) >= 11 is 0. The second-order valence-electron chi connectivity index (χ2n) is 6.52. The van der Waals surface area contributed by atoms with Crippen molar-refractivity contribution in [2.45, 2.75) is 19.4 Å². The fourth-order valence-corrected chi connectivity index (χ4v) is 2.60. The molecule has 0 fully saturated rings. The first-order chi connectivity index (χ1) is 13.8. The number of rotatable bonds is 8. The van der Waals surface area contributed by atoms with Crippen molar-refractivity contribution in [2.24, 2.45) is 11.5 Å². The number of aromatic nitrogens is 3. The number of benzene rings is 1. The van der Waals surface area contributed by atoms with Crippen LogP contribution < -0.4 is 27.0 Å². The number of anilines is 4. The molecular formula is C18H22N8O3. The van der Waals surface area contributed by atoms with E-state index in [4.69, 9.17) is 15.9 Å². The third-order valence-corrected chi connectivity index (χ3v) is 4.10. The molecule has 0 unspecified atom stereocenters. The number of nitrogens with zero attached hydrogens (tertiary/aromatic N) is 4. The Balaban J connectivity index is 1.93. The smallest absolute Gasteiger partial charge is 0.297 e. The number of amides is 2. The number of primary amides is 2. The van der Waals surface area contributed by atoms with Crippen LogP contribution in [-0.4, -0.2) is 46.9 Å². The topological polar surface area (TPSA) is 165 Å². The molecule has 0 radical (unpaired) electrons. The lowest BCUT2D eigenvalue weighted by molar-refractivity contribution is -0.118. The van der Waals surface area contributed by atoms with Crippen LogP contribution >= 0.6 is 0 Å². The number of hydrogen-bond acceptors (Lipinski definition) is 9. The van der Waals surface area contributed by atoms with E-state index >= 15 is 0 Å². The molecule has 0 bridgehead atoms. The molecule has 2 heterocycles. The molecule has 0 saturated heterocycles. The van der Waals surface area contributed by atoms with E-state index in [0.29, 0.717) is 29.2 Å². The van der Waals surface area contributed by atoms with E-state index in [1.165, 1.54) is 6.20 Å². The Kier molecular flexibility index (Phi) is 5.48. The highest BCUT2D eigenvalue weighted by molar-refractivity contribution is 5.96. The molecule has 0 saturated carbocycles. The van der Waals surface area contributed by atoms with E-state index < -0.39 is 17.9 Å². The Bertz CT molecular complexity index is 1060. The van der Waals surface area contributed by atoms with Crippen LogP contribution in [0.15, 0.2) is 28.8 Å². The van der Waals surface area contributed by atoms with Crippen LogP contribution in [0, 0.1) is 0 Å². The highest BCUT2D eigenvalue weighted by atomic mass is 16.4. The van der Waals surface area contributed by atoms with Gasteiger partial charge in [-0.15, -0.1) is 0 Å². The van der Waals surface area contributed by atoms with Crippen LogP contribution in [0.25, 0.3) is 11.1 Å². The Morgan fingerprint density at radius 3 is 2.62 bits per heavy atom. The Morgan fingerprint density at radius 2 is 2.00 bits per heavy atom. The summed E-state index contributed by atoms with van der Waals surface area (Å²) in [6.07, 6.45) is 1.79. The number of carbonyl (C=O) groups is 2. The highest BCUT2D eigenvalue weighted by Gasteiger charge is 2.17. The van der Waals surface area contributed by atoms with Gasteiger partial charge >= 0.3 is 0 Å². The molecule has 1 atom stereocenters. The second kappa shape index (κ2) is 8.00. The maximum Gasteiger partial charge on any atom is 0.297 e. The van der Waals surface area contributed by atoms with Gasteiger partial charge in [0, 0.05) is 25.8 Å². The van der Waals surface area contributed by atoms with Gasteiger partial charge in [0.1, 0.15) is 17.4 Å². The number of fused-ring (bicyclic) bond motifs is 1. The first kappa shape index (κ1) is 19.9. The van der Waals surface area contributed by atoms with Crippen LogP contribution in [0.2, 0.25) is 0 Å². The Hall–Kier alpha value is -3.89. The minimum atomic E-state index is -0.746. The summed E-state index contributed by atoms with van der Waals surface area (Å²) in [6.45, 7) is 1.81. The largest absolute Gasteiger partial charge is 0.423 e. The van der Waals surface area contributed by atoms with E-state index in [-0.39, 0.29) is 17.3 Å². The number of nitrogens with one attached hydrogen (secondary N) is 2. The fourth-order valence-electron chi connectivity index (χ4n) is 2.60. The van der Waals surface area contributed by atoms with Gasteiger partial charge in [0.2, 0.25) is 5.91 Å². The molecule has 11 heteroatoms. The van der Waals surface area contributed by atoms with Gasteiger partial charge in [-0.2, -0.15) is 4.98 Å². The molecule has 0 aliphatic heterocycles. The minimum Gasteiger partial charge on any atom is -0.423 e. The van der Waals surface area contributed by atoms with Crippen molar-refractivity contribution in [3.8, 4) is 0 Å². The summed E-state index contributed by atoms with van der Waals surface area (Å²) in [4.78, 5) is 37.7. The average molecular weight is 398 g/mol. The first-order valence-corrected chi connectivity index (χ1v) is 8.86. The maximum atomic E-state index is 11.8. The average Bonchev–Trinajstić information content (AvgIpc) is 3.09. The van der Waals surface area contributed by atoms with E-state index in [0.717, 1.165) is 0 Å². The Morgan fingerprint density at radius 1 is 1.24 bits per heavy atom. The van der Waals surface area contributed by atoms with E-state index in [1.807, 2.05) is 14.1 Å². The zero-order valence-electron chi connectivity index (χ0n) is 16.3. The SMILES string of the molecule is CC[C@@H](Nc1cnc(C(N)=O)c(Nc2ccc3nc(N(C)C)oc3c2)n1)C(N)=O. The minimum absolute atomic E-state index is 0.0469. The lowest BCUT2D eigenvalue weighted by Crippen LogP contribution is -2.35. The van der Waals surface area contributed by atoms with Crippen molar-refractivity contribution in [3.05, 3.63) is 30.1 Å². The van der Waals surface area contributed by atoms with Crippen molar-refractivity contribution >= 4 is 46.3 Å². The number of oxazole rings is 1. The van der Waals surface area contributed by atoms with Crippen LogP contribution in [0.5, 0.6) is 0 Å². The van der Waals surface area contributed by atoms with Gasteiger partial charge in [0.15, 0.2) is 17.1 Å². The van der Waals surface area contributed by atoms with Gasteiger partial charge in [-0.25, -0.2) is 9.97 Å². The number of nitrogens with two attached hydrogens (primary N) is 2. The molecule has 3 aromatic rings. The molecule has 11 nitrogen and oxygen atoms in total. The predicted octanol–water partition coefficient (Wildman–Crippen LogP) is 1.20. The summed E-state index contributed by atoms with van der Waals surface area (Å²) < 4.78 is 5.69. The van der Waals surface area contributed by atoms with E-state index in [1.54, 1.807) is 30.0 Å². The van der Waals surface area contributed by atoms with Gasteiger partial charge in [-0.3, -0.25) is 9.59 Å². The van der Waals surface area contributed by atoms with Gasteiger partial charge in [-0.05, 0) is 18.6 Å². The van der Waals surface area contributed by atoms with Gasteiger partial charge < -0.3 is 31.4 Å². The fraction of sp³-hybridized carbons (Fsp3) is 0.278. The van der Waals surface area contributed by atoms with Crippen LogP contribution in [0.4, 0.5) is 23.3 Å². The number of hydrogen-bond donors (Lipinski definition) is 4. The molecule has 2 amide bonds. The van der Waals surface area contributed by atoms with Crippen molar-refractivity contribution in [2.75, 3.05) is 29.6 Å². The van der Waals surface area contributed by atoms with E-state index in [9.17, 15) is 9.59 Å². The zero-order valence-corrected chi connectivity index (χ0v) is 16.3. The summed E-state index contributed by atoms with van der Waals surface area (Å²) in [6, 6.07) is 5.10. The lowest BCUT2D eigenvalue weighted by atomic mass is 10.2. The molecule has 29 heavy (non-hydrogen) atoms. The number of carbonyl (C=O) groups excluding carboxylic acids is 2. The molecule has 0 aliphatic carbocycles. The van der Waals surface area contributed by atoms with Crippen molar-refractivity contribution in [1.82, 2.24) is 15.0 Å². The molecule has 0 spiro atoms. The summed E-state index contributed by atoms with van der Waals surface area (Å²) in [5, 5.41) is 5.90. The van der Waals surface area contributed by atoms with Crippen molar-refractivity contribution < 1.29 is 14.0 Å². The normalized spacial score (nSPS) is 11.8. The summed E-state index contributed by atoms with van der Waals surface area (Å²) in [5.41, 5.74) is 12.5. The predicted molar refractivity (Wildman–Crippen MR) is 109 cm³/mol. The molecule has 152 valence electrons. The van der Waals surface area contributed by atoms with Crippen LogP contribution in [0.1, 0.15) is 23.8 Å². The monoisotopic (exact) mass is 398 g/mol. The van der Waals surface area contributed by atoms with Gasteiger partial charge in [-0.1, -0.05) is 6.92 Å². The second-order valence-corrected chi connectivity index (χ2v) is 6.52. The van der Waals surface area contributed by atoms with Crippen LogP contribution in [-0.2, 0) is 4.79 Å². The highest BCUT2D eigenvalue weighted by Crippen LogP contribution is 2.26. The zero-order chi connectivity index (χ0) is 21.1. The molecule has 3 rings (SSSR count). The standard InChI is InChI=1S/C18H22N8O3/c1-4-10(15(19)27)23-13-8-21-14(16(20)28)17(25-13)22-9-5-6-11-12(7-9)29-18(24-11)26(2)3/h5-8,10H,4H2,1-3H3,(H2,19,27)(H2,20,28)(H2,22,23,25)/t10-/m1/s1. The van der Waals surface area contributed by atoms with Crippen molar-refractivity contribution in [1.29, 1.82) is 0 Å². The quantitative estimate of drug-likeness (QED) is 0.436. The summed E-state index contributed by atoms with van der Waals surface area (Å²) in [5.74, 6) is -0.855. The molecular weight excluding hydrogens is 376 g/mol. The van der Waals surface area contributed by atoms with E-state index in [2.05, 4.69) is 25.6 Å². The molecule has 6 N–H and O–H groups in total. The van der Waals surface area contributed by atoms with Crippen LogP contribution in [0.3, 0.4) is 0 Å². The first-order valence-electron chi connectivity index (χ1n) is 8.86. The summed E-state index contributed by atoms with van der Waals surface area (Å²) in [7, 11) is 3.65. The molecule has 2 aromatic heterocycles. The Labute approximate surface area is 166 Å². The molecule has 1 aromatic carbocycles. The van der Waals surface area contributed by atoms with Gasteiger partial charge in [0.25, 0.3) is 11.9 Å². The molecule has 0 aliphatic rings. The van der Waals surface area contributed by atoms with Crippen molar-refractivity contribution in [3.63, 3.8) is 0 Å². The lowest BCUT2D eigenvalue weighted by Gasteiger charge is -2.15.